The molecule has 0 fully saturated rings. The van der Waals surface area contributed by atoms with E-state index in [1.165, 1.54) is 17.8 Å². The van der Waals surface area contributed by atoms with Crippen LogP contribution in [0.4, 0.5) is 5.82 Å². The highest BCUT2D eigenvalue weighted by Crippen LogP contribution is 2.20. The summed E-state index contributed by atoms with van der Waals surface area (Å²) >= 11 is 0. The fraction of sp³-hybridized carbons (Fsp3) is 0.222. The molecule has 132 valence electrons. The molecule has 3 rings (SSSR count). The van der Waals surface area contributed by atoms with E-state index >= 15 is 0 Å². The molecule has 2 heterocycles. The maximum Gasteiger partial charge on any atom is 0.332 e. The number of nitrogens with two attached hydrogens (primary N) is 1. The first-order chi connectivity index (χ1) is 12.5. The molecule has 0 saturated carbocycles. The van der Waals surface area contributed by atoms with Crippen LogP contribution in [0.1, 0.15) is 29.8 Å². The Bertz CT molecular complexity index is 1000. The molecule has 8 nitrogen and oxygen atoms in total. The van der Waals surface area contributed by atoms with Gasteiger partial charge in [0.1, 0.15) is 18.2 Å². The van der Waals surface area contributed by atoms with Crippen molar-refractivity contribution >= 4 is 17.6 Å². The van der Waals surface area contributed by atoms with Gasteiger partial charge in [-0.2, -0.15) is 14.6 Å². The second-order valence-electron chi connectivity index (χ2n) is 5.61. The predicted octanol–water partition coefficient (Wildman–Crippen LogP) is 1.60. The molecule has 0 aliphatic rings. The molecule has 2 unspecified atom stereocenters. The zero-order valence-corrected chi connectivity index (χ0v) is 14.2. The smallest absolute Gasteiger partial charge is 0.332 e. The molecular formula is C18H17N5O3. The van der Waals surface area contributed by atoms with Crippen LogP contribution in [0.3, 0.4) is 0 Å². The van der Waals surface area contributed by atoms with Crippen LogP contribution < -0.4 is 5.73 Å². The summed E-state index contributed by atoms with van der Waals surface area (Å²) in [7, 11) is 0. The third-order valence-electron chi connectivity index (χ3n) is 3.76. The molecule has 2 aromatic heterocycles. The third kappa shape index (κ3) is 3.48. The number of nitrogens with zero attached hydrogens (tertiary/aromatic N) is 4. The van der Waals surface area contributed by atoms with Gasteiger partial charge in [0.05, 0.1) is 11.3 Å². The van der Waals surface area contributed by atoms with E-state index in [9.17, 15) is 4.79 Å². The fourth-order valence-corrected chi connectivity index (χ4v) is 2.36. The van der Waals surface area contributed by atoms with Crippen molar-refractivity contribution in [2.45, 2.75) is 26.1 Å². The number of carboxylic acids is 1. The molecule has 0 aliphatic carbocycles. The SMILES string of the molecule is Cc1nc2ncnn2c(N)c1C#CC(OC(C)C(=O)O)c1ccccc1. The lowest BCUT2D eigenvalue weighted by molar-refractivity contribution is -0.151. The van der Waals surface area contributed by atoms with E-state index in [0.29, 0.717) is 22.9 Å². The molecule has 0 saturated heterocycles. The highest BCUT2D eigenvalue weighted by molar-refractivity contribution is 5.71. The number of fused-ring (bicyclic) bond motifs is 1. The maximum atomic E-state index is 11.1. The van der Waals surface area contributed by atoms with Gasteiger partial charge in [-0.25, -0.2) is 9.78 Å². The van der Waals surface area contributed by atoms with E-state index in [2.05, 4.69) is 26.9 Å². The van der Waals surface area contributed by atoms with Crippen LogP contribution in [0.25, 0.3) is 5.78 Å². The Kier molecular flexibility index (Phi) is 4.82. The van der Waals surface area contributed by atoms with Crippen molar-refractivity contribution in [1.82, 2.24) is 19.6 Å². The summed E-state index contributed by atoms with van der Waals surface area (Å²) < 4.78 is 7.00. The Morgan fingerprint density at radius 3 is 2.77 bits per heavy atom. The third-order valence-corrected chi connectivity index (χ3v) is 3.76. The van der Waals surface area contributed by atoms with Crippen molar-refractivity contribution in [3.05, 3.63) is 53.5 Å². The van der Waals surface area contributed by atoms with Crippen LogP contribution in [-0.2, 0) is 9.53 Å². The zero-order chi connectivity index (χ0) is 18.7. The van der Waals surface area contributed by atoms with Gasteiger partial charge in [0.2, 0.25) is 0 Å². The van der Waals surface area contributed by atoms with Crippen molar-refractivity contribution in [3.8, 4) is 11.8 Å². The summed E-state index contributed by atoms with van der Waals surface area (Å²) in [6, 6.07) is 9.17. The van der Waals surface area contributed by atoms with E-state index in [1.807, 2.05) is 30.3 Å². The number of ether oxygens (including phenoxy) is 1. The molecule has 26 heavy (non-hydrogen) atoms. The normalized spacial score (nSPS) is 13.0. The van der Waals surface area contributed by atoms with Crippen LogP contribution in [0.5, 0.6) is 0 Å². The Labute approximate surface area is 149 Å². The van der Waals surface area contributed by atoms with Crippen molar-refractivity contribution in [1.29, 1.82) is 0 Å². The fourth-order valence-electron chi connectivity index (χ4n) is 2.36. The van der Waals surface area contributed by atoms with Gasteiger partial charge < -0.3 is 15.6 Å². The summed E-state index contributed by atoms with van der Waals surface area (Å²) in [5.74, 6) is 5.57. The molecule has 0 bridgehead atoms. The monoisotopic (exact) mass is 351 g/mol. The van der Waals surface area contributed by atoms with Crippen LogP contribution in [0, 0.1) is 18.8 Å². The molecular weight excluding hydrogens is 334 g/mol. The largest absolute Gasteiger partial charge is 0.479 e. The van der Waals surface area contributed by atoms with Gasteiger partial charge in [0.25, 0.3) is 5.78 Å². The van der Waals surface area contributed by atoms with E-state index < -0.39 is 18.2 Å². The topological polar surface area (TPSA) is 116 Å². The van der Waals surface area contributed by atoms with Crippen molar-refractivity contribution < 1.29 is 14.6 Å². The van der Waals surface area contributed by atoms with Gasteiger partial charge in [0.15, 0.2) is 6.10 Å². The maximum absolute atomic E-state index is 11.1. The van der Waals surface area contributed by atoms with Crippen LogP contribution in [0.15, 0.2) is 36.7 Å². The highest BCUT2D eigenvalue weighted by atomic mass is 16.5. The minimum atomic E-state index is -1.06. The van der Waals surface area contributed by atoms with Gasteiger partial charge in [-0.1, -0.05) is 42.2 Å². The van der Waals surface area contributed by atoms with Gasteiger partial charge in [0, 0.05) is 0 Å². The number of aromatic nitrogens is 4. The number of aliphatic carboxylic acids is 1. The average molecular weight is 351 g/mol. The Hall–Kier alpha value is -3.44. The number of rotatable bonds is 4. The quantitative estimate of drug-likeness (QED) is 0.686. The molecule has 0 spiro atoms. The molecule has 2 atom stereocenters. The summed E-state index contributed by atoms with van der Waals surface area (Å²) in [4.78, 5) is 19.5. The Morgan fingerprint density at radius 2 is 2.08 bits per heavy atom. The Balaban J connectivity index is 2.01. The predicted molar refractivity (Wildman–Crippen MR) is 94.2 cm³/mol. The van der Waals surface area contributed by atoms with Gasteiger partial charge in [-0.15, -0.1) is 0 Å². The molecule has 0 aliphatic heterocycles. The standard InChI is InChI=1S/C18H17N5O3/c1-11-14(16(19)23-18(22-11)20-10-21-23)8-9-15(26-12(2)17(24)25)13-6-4-3-5-7-13/h3-7,10,12,15H,19H2,1-2H3,(H,24,25). The first-order valence-electron chi connectivity index (χ1n) is 7.88. The number of carboxylic acid groups (broad SMARTS) is 1. The summed E-state index contributed by atoms with van der Waals surface area (Å²) in [5, 5.41) is 13.1. The highest BCUT2D eigenvalue weighted by Gasteiger charge is 2.19. The van der Waals surface area contributed by atoms with Crippen LogP contribution in [0.2, 0.25) is 0 Å². The lowest BCUT2D eigenvalue weighted by Gasteiger charge is -2.16. The van der Waals surface area contributed by atoms with Gasteiger partial charge >= 0.3 is 5.97 Å². The summed E-state index contributed by atoms with van der Waals surface area (Å²) in [6.07, 6.45) is -0.379. The number of anilines is 1. The van der Waals surface area contributed by atoms with Crippen molar-refractivity contribution in [2.75, 3.05) is 5.73 Å². The molecule has 3 N–H and O–H groups in total. The van der Waals surface area contributed by atoms with Crippen LogP contribution in [-0.4, -0.2) is 36.8 Å². The molecule has 0 radical (unpaired) electrons. The molecule has 8 heteroatoms. The number of carbonyl (C=O) groups is 1. The number of aryl methyl sites for hydroxylation is 1. The van der Waals surface area contributed by atoms with E-state index in [1.54, 1.807) is 6.92 Å². The number of benzene rings is 1. The zero-order valence-electron chi connectivity index (χ0n) is 14.2. The van der Waals surface area contributed by atoms with Crippen LogP contribution >= 0.6 is 0 Å². The first kappa shape index (κ1) is 17.4. The molecule has 0 amide bonds. The second-order valence-corrected chi connectivity index (χ2v) is 5.61. The van der Waals surface area contributed by atoms with Crippen molar-refractivity contribution in [3.63, 3.8) is 0 Å². The van der Waals surface area contributed by atoms with E-state index in [0.717, 1.165) is 5.56 Å². The Morgan fingerprint density at radius 1 is 1.35 bits per heavy atom. The lowest BCUT2D eigenvalue weighted by atomic mass is 10.1. The minimum Gasteiger partial charge on any atom is -0.479 e. The molecule has 1 aromatic carbocycles. The van der Waals surface area contributed by atoms with E-state index in [-0.39, 0.29) is 0 Å². The second kappa shape index (κ2) is 7.21. The molecule has 3 aromatic rings. The summed E-state index contributed by atoms with van der Waals surface area (Å²) in [5.41, 5.74) is 7.97. The van der Waals surface area contributed by atoms with E-state index in [4.69, 9.17) is 15.6 Å². The number of hydrogen-bond donors (Lipinski definition) is 2. The average Bonchev–Trinajstić information content (AvgIpc) is 3.09. The number of hydrogen-bond acceptors (Lipinski definition) is 6. The van der Waals surface area contributed by atoms with Gasteiger partial charge in [-0.05, 0) is 19.4 Å². The first-order valence-corrected chi connectivity index (χ1v) is 7.88. The minimum absolute atomic E-state index is 0.315. The van der Waals surface area contributed by atoms with Gasteiger partial charge in [-0.3, -0.25) is 0 Å². The number of nitrogen functional groups attached to an aromatic ring is 1. The van der Waals surface area contributed by atoms with Crippen molar-refractivity contribution in [2.24, 2.45) is 0 Å². The lowest BCUT2D eigenvalue weighted by Crippen LogP contribution is -2.22. The summed E-state index contributed by atoms with van der Waals surface area (Å²) in [6.45, 7) is 3.23.